The van der Waals surface area contributed by atoms with Gasteiger partial charge in [0, 0.05) is 38.6 Å². The third kappa shape index (κ3) is 2.92. The molecule has 22 heavy (non-hydrogen) atoms. The zero-order valence-corrected chi connectivity index (χ0v) is 13.9. The monoisotopic (exact) mass is 327 g/mol. The Labute approximate surface area is 137 Å². The number of rotatable bonds is 0. The van der Waals surface area contributed by atoms with Gasteiger partial charge in [-0.3, -0.25) is 0 Å². The summed E-state index contributed by atoms with van der Waals surface area (Å²) in [6.07, 6.45) is 1.87. The van der Waals surface area contributed by atoms with Gasteiger partial charge in [0.05, 0.1) is 0 Å². The largest absolute Gasteiger partial charge is 0.341 e. The van der Waals surface area contributed by atoms with Gasteiger partial charge in [-0.1, -0.05) is 6.07 Å². The van der Waals surface area contributed by atoms with E-state index >= 15 is 0 Å². The maximum atomic E-state index is 13.5. The number of hydrogen-bond acceptors (Lipinski definition) is 2. The lowest BCUT2D eigenvalue weighted by Crippen LogP contribution is -2.53. The van der Waals surface area contributed by atoms with Crippen LogP contribution in [0.15, 0.2) is 18.2 Å². The molecule has 1 N–H and O–H groups in total. The highest BCUT2D eigenvalue weighted by Crippen LogP contribution is 2.41. The normalized spacial score (nSPS) is 20.2. The predicted octanol–water partition coefficient (Wildman–Crippen LogP) is 2.37. The Morgan fingerprint density at radius 3 is 2.64 bits per heavy atom. The molecule has 1 saturated heterocycles. The van der Waals surface area contributed by atoms with Crippen molar-refractivity contribution in [3.8, 4) is 0 Å². The molecule has 1 spiro atoms. The topological polar surface area (TPSA) is 35.6 Å². The fourth-order valence-corrected chi connectivity index (χ4v) is 3.88. The number of fused-ring (bicyclic) bond motifs is 2. The number of nitrogens with zero attached hydrogens (tertiary/aromatic N) is 2. The fourth-order valence-electron chi connectivity index (χ4n) is 3.88. The van der Waals surface area contributed by atoms with Crippen LogP contribution in [0.3, 0.4) is 0 Å². The van der Waals surface area contributed by atoms with E-state index in [-0.39, 0.29) is 29.7 Å². The molecule has 2 aliphatic heterocycles. The van der Waals surface area contributed by atoms with Crippen LogP contribution < -0.4 is 5.32 Å². The molecule has 2 amide bonds. The number of likely N-dealkylation sites (N-methyl/N-ethyl adjacent to an activating group) is 1. The van der Waals surface area contributed by atoms with Crippen molar-refractivity contribution < 1.29 is 9.18 Å². The molecular formula is C16H23ClFN3O. The second-order valence-electron chi connectivity index (χ2n) is 6.30. The van der Waals surface area contributed by atoms with E-state index < -0.39 is 0 Å². The Morgan fingerprint density at radius 2 is 2.00 bits per heavy atom. The maximum absolute atomic E-state index is 13.5. The predicted molar refractivity (Wildman–Crippen MR) is 86.9 cm³/mol. The number of carbonyl (C=O) groups excluding carboxylic acids is 1. The van der Waals surface area contributed by atoms with Crippen molar-refractivity contribution in [1.82, 2.24) is 15.1 Å². The van der Waals surface area contributed by atoms with E-state index in [2.05, 4.69) is 17.3 Å². The number of hydrogen-bond donors (Lipinski definition) is 1. The molecule has 1 aromatic carbocycles. The van der Waals surface area contributed by atoms with Crippen molar-refractivity contribution in [1.29, 1.82) is 0 Å². The fraction of sp³-hybridized carbons (Fsp3) is 0.562. The number of halogens is 2. The van der Waals surface area contributed by atoms with Crippen molar-refractivity contribution in [2.24, 2.45) is 0 Å². The van der Waals surface area contributed by atoms with Gasteiger partial charge < -0.3 is 15.1 Å². The van der Waals surface area contributed by atoms with E-state index in [1.165, 1.54) is 5.56 Å². The Morgan fingerprint density at radius 1 is 1.32 bits per heavy atom. The highest BCUT2D eigenvalue weighted by atomic mass is 35.5. The summed E-state index contributed by atoms with van der Waals surface area (Å²) in [4.78, 5) is 15.9. The number of likely N-dealkylation sites (tertiary alicyclic amines) is 1. The minimum atomic E-state index is -0.165. The molecule has 0 radical (unpaired) electrons. The first-order valence-electron chi connectivity index (χ1n) is 7.48. The van der Waals surface area contributed by atoms with Gasteiger partial charge in [0.25, 0.3) is 0 Å². The van der Waals surface area contributed by atoms with Crippen LogP contribution in [0.1, 0.15) is 24.0 Å². The van der Waals surface area contributed by atoms with Crippen LogP contribution in [-0.4, -0.2) is 49.6 Å². The van der Waals surface area contributed by atoms with Crippen LogP contribution in [0.2, 0.25) is 0 Å². The van der Waals surface area contributed by atoms with E-state index in [9.17, 15) is 9.18 Å². The molecule has 122 valence electrons. The van der Waals surface area contributed by atoms with Gasteiger partial charge in [-0.15, -0.1) is 12.4 Å². The molecular weight excluding hydrogens is 305 g/mol. The van der Waals surface area contributed by atoms with Crippen molar-refractivity contribution >= 4 is 18.4 Å². The lowest BCUT2D eigenvalue weighted by molar-refractivity contribution is 0.121. The van der Waals surface area contributed by atoms with Crippen molar-refractivity contribution in [3.05, 3.63) is 35.1 Å². The van der Waals surface area contributed by atoms with E-state index in [4.69, 9.17) is 0 Å². The van der Waals surface area contributed by atoms with Gasteiger partial charge in [-0.25, -0.2) is 9.18 Å². The van der Waals surface area contributed by atoms with Crippen LogP contribution in [-0.2, 0) is 12.0 Å². The molecule has 0 unspecified atom stereocenters. The molecule has 0 saturated carbocycles. The van der Waals surface area contributed by atoms with Gasteiger partial charge in [-0.05, 0) is 43.1 Å². The highest BCUT2D eigenvalue weighted by molar-refractivity contribution is 5.85. The summed E-state index contributed by atoms with van der Waals surface area (Å²) in [5.74, 6) is -0.165. The third-order valence-corrected chi connectivity index (χ3v) is 4.87. The standard InChI is InChI=1S/C16H22FN3O.ClH/c1-18-15(21)20-7-5-16(6-8-20)11-19(2)10-12-9-13(17)3-4-14(12)16;/h3-4,9H,5-8,10-11H2,1-2H3,(H,18,21);1H. The molecule has 0 aromatic heterocycles. The molecule has 2 aliphatic rings. The average Bonchev–Trinajstić information content (AvgIpc) is 2.46. The number of piperidine rings is 1. The summed E-state index contributed by atoms with van der Waals surface area (Å²) in [6.45, 7) is 3.29. The Balaban J connectivity index is 0.00000176. The van der Waals surface area contributed by atoms with E-state index in [1.807, 2.05) is 11.0 Å². The first-order valence-corrected chi connectivity index (χ1v) is 7.48. The summed E-state index contributed by atoms with van der Waals surface area (Å²) < 4.78 is 13.5. The van der Waals surface area contributed by atoms with Gasteiger partial charge in [0.1, 0.15) is 5.82 Å². The lowest BCUT2D eigenvalue weighted by Gasteiger charge is -2.47. The second-order valence-corrected chi connectivity index (χ2v) is 6.30. The zero-order valence-electron chi connectivity index (χ0n) is 13.1. The van der Waals surface area contributed by atoms with Crippen LogP contribution in [0.5, 0.6) is 0 Å². The first kappa shape index (κ1) is 17.0. The Hall–Kier alpha value is -1.33. The molecule has 0 aliphatic carbocycles. The maximum Gasteiger partial charge on any atom is 0.317 e. The molecule has 3 rings (SSSR count). The number of nitrogens with one attached hydrogen (secondary N) is 1. The smallest absolute Gasteiger partial charge is 0.317 e. The SMILES string of the molecule is CNC(=O)N1CCC2(CC1)CN(C)Cc1cc(F)ccc12.Cl. The van der Waals surface area contributed by atoms with Crippen LogP contribution in [0.25, 0.3) is 0 Å². The van der Waals surface area contributed by atoms with Gasteiger partial charge in [-0.2, -0.15) is 0 Å². The number of urea groups is 1. The van der Waals surface area contributed by atoms with E-state index in [0.29, 0.717) is 0 Å². The summed E-state index contributed by atoms with van der Waals surface area (Å²) >= 11 is 0. The minimum absolute atomic E-state index is 0. The van der Waals surface area contributed by atoms with Crippen molar-refractivity contribution in [3.63, 3.8) is 0 Å². The molecule has 2 heterocycles. The number of benzene rings is 1. The van der Waals surface area contributed by atoms with Gasteiger partial charge in [0.15, 0.2) is 0 Å². The van der Waals surface area contributed by atoms with Gasteiger partial charge in [0.2, 0.25) is 0 Å². The molecule has 0 bridgehead atoms. The molecule has 4 nitrogen and oxygen atoms in total. The molecule has 1 fully saturated rings. The molecule has 6 heteroatoms. The van der Waals surface area contributed by atoms with Crippen LogP contribution in [0.4, 0.5) is 9.18 Å². The van der Waals surface area contributed by atoms with Gasteiger partial charge >= 0.3 is 6.03 Å². The average molecular weight is 328 g/mol. The zero-order chi connectivity index (χ0) is 15.0. The lowest BCUT2D eigenvalue weighted by atomic mass is 9.69. The summed E-state index contributed by atoms with van der Waals surface area (Å²) in [7, 11) is 3.75. The first-order chi connectivity index (χ1) is 10.0. The molecule has 0 atom stereocenters. The summed E-state index contributed by atoms with van der Waals surface area (Å²) in [6, 6.07) is 5.18. The van der Waals surface area contributed by atoms with E-state index in [1.54, 1.807) is 19.2 Å². The van der Waals surface area contributed by atoms with Crippen molar-refractivity contribution in [2.45, 2.75) is 24.8 Å². The minimum Gasteiger partial charge on any atom is -0.341 e. The second kappa shape index (κ2) is 6.42. The Bertz CT molecular complexity index is 558. The quantitative estimate of drug-likeness (QED) is 0.794. The summed E-state index contributed by atoms with van der Waals surface area (Å²) in [5.41, 5.74) is 2.43. The Kier molecular flexibility index (Phi) is 4.97. The summed E-state index contributed by atoms with van der Waals surface area (Å²) in [5, 5.41) is 2.69. The highest BCUT2D eigenvalue weighted by Gasteiger charge is 2.41. The number of carbonyl (C=O) groups is 1. The van der Waals surface area contributed by atoms with Crippen molar-refractivity contribution in [2.75, 3.05) is 33.7 Å². The number of amides is 2. The van der Waals surface area contributed by atoms with Crippen LogP contribution in [0, 0.1) is 5.82 Å². The third-order valence-electron chi connectivity index (χ3n) is 4.87. The molecule has 1 aromatic rings. The van der Waals surface area contributed by atoms with Crippen LogP contribution >= 0.6 is 12.4 Å². The van der Waals surface area contributed by atoms with E-state index in [0.717, 1.165) is 44.6 Å².